The number of carboxylic acids is 1. The Kier molecular flexibility index (Phi) is 13.6. The molecule has 10 N–H and O–H groups in total. The molecule has 0 saturated heterocycles. The van der Waals surface area contributed by atoms with Gasteiger partial charge in [-0.3, -0.25) is 14.4 Å². The predicted octanol–water partition coefficient (Wildman–Crippen LogP) is -2.60. The number of hydrogen-bond donors (Lipinski definition) is 8. The van der Waals surface area contributed by atoms with Crippen LogP contribution in [0.3, 0.4) is 0 Å². The molecule has 3 amide bonds. The number of carbonyl (C=O) groups is 4. The number of aliphatic hydroxyl groups excluding tert-OH is 2. The zero-order chi connectivity index (χ0) is 24.1. The van der Waals surface area contributed by atoms with Crippen molar-refractivity contribution in [3.8, 4) is 0 Å². The van der Waals surface area contributed by atoms with Crippen LogP contribution in [0.5, 0.6) is 0 Å². The number of rotatable bonds is 15. The van der Waals surface area contributed by atoms with Crippen molar-refractivity contribution in [3.63, 3.8) is 0 Å². The molecule has 0 saturated carbocycles. The van der Waals surface area contributed by atoms with E-state index in [9.17, 15) is 24.3 Å². The molecule has 0 bridgehead atoms. The Bertz CT molecular complexity index is 602. The van der Waals surface area contributed by atoms with Crippen molar-refractivity contribution in [1.82, 2.24) is 16.0 Å². The van der Waals surface area contributed by atoms with Gasteiger partial charge in [0.2, 0.25) is 17.7 Å². The molecular formula is C19H37N5O7. The van der Waals surface area contributed by atoms with Crippen LogP contribution >= 0.6 is 0 Å². The lowest BCUT2D eigenvalue weighted by atomic mass is 9.97. The summed E-state index contributed by atoms with van der Waals surface area (Å²) in [7, 11) is 0. The second kappa shape index (κ2) is 14.7. The highest BCUT2D eigenvalue weighted by atomic mass is 16.4. The maximum absolute atomic E-state index is 12.9. The third-order valence-electron chi connectivity index (χ3n) is 4.99. The van der Waals surface area contributed by atoms with Crippen LogP contribution in [0.4, 0.5) is 0 Å². The summed E-state index contributed by atoms with van der Waals surface area (Å²) in [5.74, 6) is -3.92. The highest BCUT2D eigenvalue weighted by Crippen LogP contribution is 2.10. The third-order valence-corrected chi connectivity index (χ3v) is 4.99. The molecule has 6 unspecified atom stereocenters. The van der Waals surface area contributed by atoms with Crippen molar-refractivity contribution in [3.05, 3.63) is 0 Å². The van der Waals surface area contributed by atoms with Crippen LogP contribution in [-0.4, -0.2) is 82.4 Å². The first-order valence-corrected chi connectivity index (χ1v) is 10.4. The monoisotopic (exact) mass is 447 g/mol. The van der Waals surface area contributed by atoms with E-state index in [4.69, 9.17) is 21.7 Å². The van der Waals surface area contributed by atoms with Gasteiger partial charge in [-0.25, -0.2) is 4.79 Å². The van der Waals surface area contributed by atoms with Gasteiger partial charge in [-0.1, -0.05) is 20.3 Å². The molecule has 0 aromatic rings. The summed E-state index contributed by atoms with van der Waals surface area (Å²) in [4.78, 5) is 48.8. The molecule has 0 fully saturated rings. The van der Waals surface area contributed by atoms with Gasteiger partial charge in [0, 0.05) is 0 Å². The molecule has 0 aromatic heterocycles. The van der Waals surface area contributed by atoms with Crippen LogP contribution in [-0.2, 0) is 19.2 Å². The molecule has 0 spiro atoms. The van der Waals surface area contributed by atoms with E-state index in [1.54, 1.807) is 13.8 Å². The molecule has 31 heavy (non-hydrogen) atoms. The number of carbonyl (C=O) groups excluding carboxylic acids is 3. The Morgan fingerprint density at radius 3 is 1.97 bits per heavy atom. The summed E-state index contributed by atoms with van der Waals surface area (Å²) in [5, 5.41) is 34.9. The van der Waals surface area contributed by atoms with E-state index in [0.29, 0.717) is 25.8 Å². The van der Waals surface area contributed by atoms with Crippen LogP contribution in [0.25, 0.3) is 0 Å². The molecule has 0 aliphatic carbocycles. The lowest BCUT2D eigenvalue weighted by Gasteiger charge is -2.28. The van der Waals surface area contributed by atoms with E-state index in [1.165, 1.54) is 6.92 Å². The number of carboxylic acid groups (broad SMARTS) is 1. The van der Waals surface area contributed by atoms with Crippen molar-refractivity contribution >= 4 is 23.7 Å². The fourth-order valence-electron chi connectivity index (χ4n) is 2.65. The van der Waals surface area contributed by atoms with E-state index in [1.807, 2.05) is 0 Å². The summed E-state index contributed by atoms with van der Waals surface area (Å²) < 4.78 is 0. The van der Waals surface area contributed by atoms with Crippen molar-refractivity contribution in [2.45, 2.75) is 76.7 Å². The lowest BCUT2D eigenvalue weighted by Crippen LogP contribution is -2.59. The molecule has 0 heterocycles. The molecule has 0 radical (unpaired) electrons. The predicted molar refractivity (Wildman–Crippen MR) is 113 cm³/mol. The first-order valence-electron chi connectivity index (χ1n) is 10.4. The molecule has 0 aliphatic heterocycles. The number of aliphatic carboxylic acids is 1. The van der Waals surface area contributed by atoms with E-state index in [2.05, 4.69) is 16.0 Å². The van der Waals surface area contributed by atoms with Crippen molar-refractivity contribution in [2.24, 2.45) is 17.4 Å². The van der Waals surface area contributed by atoms with E-state index < -0.39 is 60.6 Å². The highest BCUT2D eigenvalue weighted by Gasteiger charge is 2.32. The normalized spacial score (nSPS) is 16.9. The first-order chi connectivity index (χ1) is 14.5. The summed E-state index contributed by atoms with van der Waals surface area (Å²) in [6.45, 7) is 4.42. The van der Waals surface area contributed by atoms with E-state index >= 15 is 0 Å². The average Bonchev–Trinajstić information content (AvgIpc) is 2.73. The Morgan fingerprint density at radius 1 is 0.935 bits per heavy atom. The van der Waals surface area contributed by atoms with Gasteiger partial charge in [0.15, 0.2) is 0 Å². The van der Waals surface area contributed by atoms with Gasteiger partial charge in [0.25, 0.3) is 0 Å². The Hall–Kier alpha value is -2.28. The molecule has 0 aliphatic rings. The molecule has 12 heteroatoms. The van der Waals surface area contributed by atoms with Crippen molar-refractivity contribution < 1.29 is 34.5 Å². The first kappa shape index (κ1) is 28.7. The minimum atomic E-state index is -1.51. The van der Waals surface area contributed by atoms with Crippen molar-refractivity contribution in [2.75, 3.05) is 13.2 Å². The quantitative estimate of drug-likeness (QED) is 0.123. The second-order valence-corrected chi connectivity index (χ2v) is 7.57. The highest BCUT2D eigenvalue weighted by molar-refractivity contribution is 5.94. The minimum Gasteiger partial charge on any atom is -0.480 e. The lowest BCUT2D eigenvalue weighted by molar-refractivity contribution is -0.143. The number of nitrogens with one attached hydrogen (secondary N) is 3. The fourth-order valence-corrected chi connectivity index (χ4v) is 2.65. The number of hydrogen-bond acceptors (Lipinski definition) is 8. The van der Waals surface area contributed by atoms with Crippen LogP contribution in [0.15, 0.2) is 0 Å². The van der Waals surface area contributed by atoms with Gasteiger partial charge >= 0.3 is 5.97 Å². The summed E-state index contributed by atoms with van der Waals surface area (Å²) >= 11 is 0. The number of aliphatic hydroxyl groups is 2. The van der Waals surface area contributed by atoms with Gasteiger partial charge < -0.3 is 42.7 Å². The zero-order valence-corrected chi connectivity index (χ0v) is 18.3. The SMILES string of the molecule is CCC(C)C(NC(=O)C(CCCCN)NC(=O)C(N)C(C)O)C(=O)NC(CO)C(=O)O. The molecule has 6 atom stereocenters. The number of unbranched alkanes of at least 4 members (excludes halogenated alkanes) is 1. The molecule has 0 rings (SSSR count). The van der Waals surface area contributed by atoms with Crippen LogP contribution in [0.1, 0.15) is 46.5 Å². The molecule has 12 nitrogen and oxygen atoms in total. The van der Waals surface area contributed by atoms with Gasteiger partial charge in [-0.15, -0.1) is 0 Å². The van der Waals surface area contributed by atoms with Crippen LogP contribution < -0.4 is 27.4 Å². The van der Waals surface area contributed by atoms with Gasteiger partial charge in [0.05, 0.1) is 12.7 Å². The van der Waals surface area contributed by atoms with Gasteiger partial charge in [-0.05, 0) is 38.6 Å². The molecular weight excluding hydrogens is 410 g/mol. The van der Waals surface area contributed by atoms with E-state index in [-0.39, 0.29) is 12.3 Å². The summed E-state index contributed by atoms with van der Waals surface area (Å²) in [6.07, 6.45) is 0.716. The maximum atomic E-state index is 12.9. The van der Waals surface area contributed by atoms with Crippen molar-refractivity contribution in [1.29, 1.82) is 0 Å². The zero-order valence-electron chi connectivity index (χ0n) is 18.3. The number of amides is 3. The average molecular weight is 448 g/mol. The van der Waals surface area contributed by atoms with Gasteiger partial charge in [0.1, 0.15) is 24.2 Å². The Morgan fingerprint density at radius 2 is 1.52 bits per heavy atom. The minimum absolute atomic E-state index is 0.227. The largest absolute Gasteiger partial charge is 0.480 e. The molecule has 180 valence electrons. The van der Waals surface area contributed by atoms with Gasteiger partial charge in [-0.2, -0.15) is 0 Å². The topological polar surface area (TPSA) is 217 Å². The summed E-state index contributed by atoms with van der Waals surface area (Å²) in [5.41, 5.74) is 11.1. The molecule has 0 aromatic carbocycles. The van der Waals surface area contributed by atoms with Crippen LogP contribution in [0.2, 0.25) is 0 Å². The Labute approximate surface area is 182 Å². The smallest absolute Gasteiger partial charge is 0.328 e. The fraction of sp³-hybridized carbons (Fsp3) is 0.789. The maximum Gasteiger partial charge on any atom is 0.328 e. The summed E-state index contributed by atoms with van der Waals surface area (Å²) in [6, 6.07) is -4.87. The number of nitrogens with two attached hydrogens (primary N) is 2. The standard InChI is InChI=1S/C19H37N5O7/c1-4-10(2)15(18(29)23-13(9-25)19(30)31)24-16(27)12(7-5-6-8-20)22-17(28)14(21)11(3)26/h10-15,25-26H,4-9,20-21H2,1-3H3,(H,22,28)(H,23,29)(H,24,27)(H,30,31). The second-order valence-electron chi connectivity index (χ2n) is 7.57. The van der Waals surface area contributed by atoms with E-state index in [0.717, 1.165) is 0 Å². The van der Waals surface area contributed by atoms with Crippen LogP contribution in [0, 0.1) is 5.92 Å². The third kappa shape index (κ3) is 10.0. The Balaban J connectivity index is 5.47.